The van der Waals surface area contributed by atoms with Crippen LogP contribution in [0.25, 0.3) is 0 Å². The Kier molecular flexibility index (Phi) is 4.59. The summed E-state index contributed by atoms with van der Waals surface area (Å²) in [4.78, 5) is 14.9. The molecule has 1 aliphatic heterocycles. The minimum absolute atomic E-state index is 0.296. The quantitative estimate of drug-likeness (QED) is 0.848. The summed E-state index contributed by atoms with van der Waals surface area (Å²) in [6.45, 7) is 0.691. The van der Waals surface area contributed by atoms with Crippen LogP contribution in [0.4, 0.5) is 5.69 Å². The van der Waals surface area contributed by atoms with Crippen molar-refractivity contribution in [2.45, 2.75) is 57.4 Å². The zero-order chi connectivity index (χ0) is 14.7. The van der Waals surface area contributed by atoms with E-state index in [0.29, 0.717) is 30.8 Å². The molecule has 1 aromatic carbocycles. The van der Waals surface area contributed by atoms with Crippen molar-refractivity contribution in [3.8, 4) is 0 Å². The number of carbonyl (C=O) groups excluding carboxylic acids is 1. The van der Waals surface area contributed by atoms with Gasteiger partial charge in [0.05, 0.1) is 0 Å². The first-order valence-corrected chi connectivity index (χ1v) is 8.41. The number of anilines is 1. The van der Waals surface area contributed by atoms with Gasteiger partial charge in [-0.2, -0.15) is 0 Å². The molecule has 2 unspecified atom stereocenters. The number of nitrogens with two attached hydrogens (primary N) is 1. The van der Waals surface area contributed by atoms with Crippen molar-refractivity contribution in [3.63, 3.8) is 0 Å². The third-order valence-corrected chi connectivity index (χ3v) is 5.11. The van der Waals surface area contributed by atoms with Crippen molar-refractivity contribution in [1.29, 1.82) is 0 Å². The van der Waals surface area contributed by atoms with Gasteiger partial charge in [0, 0.05) is 18.2 Å². The normalized spacial score (nSPS) is 26.9. The monoisotopic (exact) mass is 286 g/mol. The van der Waals surface area contributed by atoms with Crippen LogP contribution in [0.2, 0.25) is 0 Å². The lowest BCUT2D eigenvalue weighted by molar-refractivity contribution is -0.119. The first-order chi connectivity index (χ1) is 10.3. The van der Waals surface area contributed by atoms with Gasteiger partial charge in [0.15, 0.2) is 0 Å². The molecule has 1 aromatic rings. The van der Waals surface area contributed by atoms with Crippen LogP contribution in [-0.4, -0.2) is 18.5 Å². The van der Waals surface area contributed by atoms with Gasteiger partial charge in [0.2, 0.25) is 5.91 Å². The average Bonchev–Trinajstić information content (AvgIpc) is 2.82. The number of nitrogens with zero attached hydrogens (tertiary/aromatic N) is 1. The van der Waals surface area contributed by atoms with Crippen LogP contribution in [-0.2, 0) is 11.2 Å². The Morgan fingerprint density at radius 1 is 1.05 bits per heavy atom. The fourth-order valence-electron chi connectivity index (χ4n) is 3.99. The smallest absolute Gasteiger partial charge is 0.227 e. The van der Waals surface area contributed by atoms with Gasteiger partial charge in [-0.05, 0) is 49.8 Å². The van der Waals surface area contributed by atoms with Crippen LogP contribution in [0.15, 0.2) is 24.3 Å². The molecule has 1 fully saturated rings. The van der Waals surface area contributed by atoms with Crippen LogP contribution >= 0.6 is 0 Å². The Hall–Kier alpha value is -1.35. The highest BCUT2D eigenvalue weighted by Crippen LogP contribution is 2.35. The van der Waals surface area contributed by atoms with Gasteiger partial charge in [-0.15, -0.1) is 0 Å². The van der Waals surface area contributed by atoms with Crippen molar-refractivity contribution >= 4 is 11.6 Å². The number of rotatable bonds is 2. The zero-order valence-electron chi connectivity index (χ0n) is 12.8. The van der Waals surface area contributed by atoms with E-state index in [-0.39, 0.29) is 0 Å². The van der Waals surface area contributed by atoms with Gasteiger partial charge in [-0.25, -0.2) is 0 Å². The summed E-state index contributed by atoms with van der Waals surface area (Å²) in [6.07, 6.45) is 8.65. The molecule has 0 spiro atoms. The SMILES string of the molecule is NCC1CCCCCC1N1C(=O)CCCc2ccccc21. The molecule has 0 radical (unpaired) electrons. The number of benzene rings is 1. The summed E-state index contributed by atoms with van der Waals surface area (Å²) in [6, 6.07) is 8.73. The topological polar surface area (TPSA) is 46.3 Å². The molecular weight excluding hydrogens is 260 g/mol. The van der Waals surface area contributed by atoms with Crippen molar-refractivity contribution in [2.24, 2.45) is 11.7 Å². The summed E-state index contributed by atoms with van der Waals surface area (Å²) >= 11 is 0. The summed E-state index contributed by atoms with van der Waals surface area (Å²) in [5.74, 6) is 0.743. The predicted octanol–water partition coefficient (Wildman–Crippen LogP) is 3.26. The van der Waals surface area contributed by atoms with Crippen LogP contribution < -0.4 is 10.6 Å². The van der Waals surface area contributed by atoms with Crippen molar-refractivity contribution in [3.05, 3.63) is 29.8 Å². The third-order valence-electron chi connectivity index (χ3n) is 5.11. The first-order valence-electron chi connectivity index (χ1n) is 8.41. The van der Waals surface area contributed by atoms with E-state index in [4.69, 9.17) is 5.73 Å². The standard InChI is InChI=1S/C18H26N2O/c19-13-15-8-2-1-3-10-17(15)20-16-11-5-4-7-14(16)9-6-12-18(20)21/h4-5,7,11,15,17H,1-3,6,8-10,12-13,19H2. The van der Waals surface area contributed by atoms with E-state index >= 15 is 0 Å². The Labute approximate surface area is 127 Å². The Morgan fingerprint density at radius 2 is 1.86 bits per heavy atom. The van der Waals surface area contributed by atoms with E-state index < -0.39 is 0 Å². The highest BCUT2D eigenvalue weighted by Gasteiger charge is 2.34. The fraction of sp³-hybridized carbons (Fsp3) is 0.611. The van der Waals surface area contributed by atoms with Gasteiger partial charge < -0.3 is 10.6 Å². The molecule has 2 atom stereocenters. The van der Waals surface area contributed by atoms with E-state index in [1.807, 2.05) is 0 Å². The van der Waals surface area contributed by atoms with Gasteiger partial charge >= 0.3 is 0 Å². The number of carbonyl (C=O) groups is 1. The minimum atomic E-state index is 0.296. The average molecular weight is 286 g/mol. The molecule has 3 rings (SSSR count). The third kappa shape index (κ3) is 2.98. The lowest BCUT2D eigenvalue weighted by atomic mass is 9.92. The number of fused-ring (bicyclic) bond motifs is 1. The number of aryl methyl sites for hydroxylation is 1. The first kappa shape index (κ1) is 14.6. The minimum Gasteiger partial charge on any atom is -0.330 e. The molecule has 21 heavy (non-hydrogen) atoms. The number of hydrogen-bond acceptors (Lipinski definition) is 2. The molecule has 0 aromatic heterocycles. The van der Waals surface area contributed by atoms with Crippen molar-refractivity contribution in [2.75, 3.05) is 11.4 Å². The highest BCUT2D eigenvalue weighted by atomic mass is 16.2. The van der Waals surface area contributed by atoms with E-state index in [1.54, 1.807) is 0 Å². The number of para-hydroxylation sites is 1. The molecule has 0 saturated heterocycles. The van der Waals surface area contributed by atoms with Crippen LogP contribution in [0, 0.1) is 5.92 Å². The molecule has 3 nitrogen and oxygen atoms in total. The lowest BCUT2D eigenvalue weighted by Crippen LogP contribution is -2.46. The summed E-state index contributed by atoms with van der Waals surface area (Å²) in [7, 11) is 0. The molecule has 1 amide bonds. The molecule has 1 heterocycles. The largest absolute Gasteiger partial charge is 0.330 e. The molecule has 3 heteroatoms. The van der Waals surface area contributed by atoms with Gasteiger partial charge in [0.1, 0.15) is 0 Å². The Bertz CT molecular complexity index is 500. The van der Waals surface area contributed by atoms with E-state index in [0.717, 1.165) is 31.4 Å². The van der Waals surface area contributed by atoms with E-state index in [9.17, 15) is 4.79 Å². The zero-order valence-corrected chi connectivity index (χ0v) is 12.8. The molecule has 2 N–H and O–H groups in total. The van der Waals surface area contributed by atoms with Gasteiger partial charge in [0.25, 0.3) is 0 Å². The maximum Gasteiger partial charge on any atom is 0.227 e. The van der Waals surface area contributed by atoms with E-state index in [1.165, 1.54) is 24.8 Å². The Balaban J connectivity index is 1.98. The summed E-state index contributed by atoms with van der Waals surface area (Å²) in [5, 5.41) is 0. The predicted molar refractivity (Wildman–Crippen MR) is 86.3 cm³/mol. The fourth-order valence-corrected chi connectivity index (χ4v) is 3.99. The van der Waals surface area contributed by atoms with E-state index in [2.05, 4.69) is 29.2 Å². The second-order valence-corrected chi connectivity index (χ2v) is 6.45. The van der Waals surface area contributed by atoms with Crippen LogP contribution in [0.5, 0.6) is 0 Å². The maximum atomic E-state index is 12.7. The summed E-state index contributed by atoms with van der Waals surface area (Å²) < 4.78 is 0. The number of amides is 1. The number of hydrogen-bond donors (Lipinski definition) is 1. The van der Waals surface area contributed by atoms with Crippen molar-refractivity contribution in [1.82, 2.24) is 0 Å². The molecular formula is C18H26N2O. The van der Waals surface area contributed by atoms with Crippen LogP contribution in [0.3, 0.4) is 0 Å². The molecule has 0 bridgehead atoms. The molecule has 1 aliphatic carbocycles. The Morgan fingerprint density at radius 3 is 2.71 bits per heavy atom. The summed E-state index contributed by atoms with van der Waals surface area (Å²) in [5.41, 5.74) is 8.50. The maximum absolute atomic E-state index is 12.7. The van der Waals surface area contributed by atoms with Crippen LogP contribution in [0.1, 0.15) is 50.5 Å². The van der Waals surface area contributed by atoms with Gasteiger partial charge in [-0.1, -0.05) is 37.5 Å². The van der Waals surface area contributed by atoms with Gasteiger partial charge in [-0.3, -0.25) is 4.79 Å². The second kappa shape index (κ2) is 6.61. The second-order valence-electron chi connectivity index (χ2n) is 6.45. The lowest BCUT2D eigenvalue weighted by Gasteiger charge is -2.36. The molecule has 114 valence electrons. The molecule has 2 aliphatic rings. The van der Waals surface area contributed by atoms with Crippen molar-refractivity contribution < 1.29 is 4.79 Å². The highest BCUT2D eigenvalue weighted by molar-refractivity contribution is 5.95. The molecule has 1 saturated carbocycles.